The highest BCUT2D eigenvalue weighted by molar-refractivity contribution is 7.69. The van der Waals surface area contributed by atoms with Gasteiger partial charge in [-0.1, -0.05) is 19.5 Å². The average molecular weight is 309 g/mol. The molecule has 3 radical (unpaired) electrons. The molecular weight excluding hydrogens is 281 g/mol. The van der Waals surface area contributed by atoms with Crippen LogP contribution in [0.4, 0.5) is 0 Å². The largest absolute Gasteiger partial charge is 0.363 e. The number of ether oxygens (including phenoxy) is 1. The van der Waals surface area contributed by atoms with E-state index in [1.807, 2.05) is 12.4 Å². The summed E-state index contributed by atoms with van der Waals surface area (Å²) in [4.78, 5) is 0. The van der Waals surface area contributed by atoms with Crippen LogP contribution in [0.5, 0.6) is 0 Å². The van der Waals surface area contributed by atoms with Crippen molar-refractivity contribution in [2.45, 2.75) is 77.8 Å². The van der Waals surface area contributed by atoms with E-state index in [0.29, 0.717) is 0 Å². The second-order valence-corrected chi connectivity index (χ2v) is 10.7. The SMILES string of the molecule is [B][B]C=P1(C)OC(C)(C)[C@@]2(C)OC(C)(C)C(C)(C)[C@]2(C)O1. The minimum atomic E-state index is -2.18. The van der Waals surface area contributed by atoms with Gasteiger partial charge in [0.05, 0.1) is 12.8 Å². The lowest BCUT2D eigenvalue weighted by molar-refractivity contribution is -0.228. The summed E-state index contributed by atoms with van der Waals surface area (Å²) in [7, 11) is 4.97. The van der Waals surface area contributed by atoms with Crippen LogP contribution in [-0.2, 0) is 13.8 Å². The van der Waals surface area contributed by atoms with Gasteiger partial charge in [0, 0.05) is 19.8 Å². The maximum atomic E-state index is 6.61. The molecule has 0 amide bonds. The molecule has 2 aliphatic rings. The van der Waals surface area contributed by atoms with Crippen LogP contribution in [0.3, 0.4) is 0 Å². The Kier molecular flexibility index (Phi) is 3.73. The molecular formula is C15H28B2O3P. The Bertz CT molecular complexity index is 515. The first-order valence-corrected chi connectivity index (χ1v) is 9.69. The quantitative estimate of drug-likeness (QED) is 0.550. The predicted octanol–water partition coefficient (Wildman–Crippen LogP) is 3.19. The van der Waals surface area contributed by atoms with Gasteiger partial charge in [-0.15, -0.1) is 0 Å². The van der Waals surface area contributed by atoms with Gasteiger partial charge in [0.25, 0.3) is 0 Å². The molecule has 3 nitrogen and oxygen atoms in total. The summed E-state index contributed by atoms with van der Waals surface area (Å²) in [5.41, 5.74) is -0.130. The zero-order valence-electron chi connectivity index (χ0n) is 14.9. The summed E-state index contributed by atoms with van der Waals surface area (Å²) in [6, 6.07) is 0. The summed E-state index contributed by atoms with van der Waals surface area (Å²) in [6.07, 6.45) is 0. The van der Waals surface area contributed by atoms with E-state index in [2.05, 4.69) is 55.4 Å². The van der Waals surface area contributed by atoms with Crippen molar-refractivity contribution < 1.29 is 13.8 Å². The third-order valence-corrected chi connectivity index (χ3v) is 8.61. The smallest absolute Gasteiger partial charge is 0.124 e. The van der Waals surface area contributed by atoms with Crippen molar-refractivity contribution in [1.29, 1.82) is 0 Å². The Morgan fingerprint density at radius 1 is 0.857 bits per heavy atom. The van der Waals surface area contributed by atoms with E-state index in [0.717, 1.165) is 0 Å². The fraction of sp³-hybridized carbons (Fsp3) is 0.933. The summed E-state index contributed by atoms with van der Waals surface area (Å²) < 4.78 is 19.5. The lowest BCUT2D eigenvalue weighted by Crippen LogP contribution is -2.68. The van der Waals surface area contributed by atoms with Gasteiger partial charge in [-0.05, 0) is 41.5 Å². The summed E-state index contributed by atoms with van der Waals surface area (Å²) in [6.45, 7) is 19.2. The standard InChI is InChI=1S/C15H28B2O3P/c1-11(2)12(3,4)18-15(8)13(5,6)19-21(9,10-17-16)20-14(11,15)7/h10H,1-9H3/t14-,15+,21?/m0/s1. The van der Waals surface area contributed by atoms with E-state index in [1.165, 1.54) is 7.17 Å². The maximum absolute atomic E-state index is 6.61. The monoisotopic (exact) mass is 309 g/mol. The van der Waals surface area contributed by atoms with E-state index in [-0.39, 0.29) is 11.0 Å². The number of hydrogen-bond donors (Lipinski definition) is 0. The van der Waals surface area contributed by atoms with Crippen LogP contribution in [0.1, 0.15) is 55.4 Å². The van der Waals surface area contributed by atoms with E-state index < -0.39 is 24.1 Å². The molecule has 2 aliphatic heterocycles. The second-order valence-electron chi connectivity index (χ2n) is 8.25. The molecule has 0 aromatic carbocycles. The first-order chi connectivity index (χ1) is 9.18. The van der Waals surface area contributed by atoms with Gasteiger partial charge in [-0.3, -0.25) is 0 Å². The second kappa shape index (κ2) is 4.44. The fourth-order valence-electron chi connectivity index (χ4n) is 3.94. The van der Waals surface area contributed by atoms with Crippen molar-refractivity contribution in [2.75, 3.05) is 6.66 Å². The molecule has 3 atom stereocenters. The highest BCUT2D eigenvalue weighted by atomic mass is 31.2. The van der Waals surface area contributed by atoms with Crippen molar-refractivity contribution in [3.63, 3.8) is 0 Å². The molecule has 2 fully saturated rings. The first-order valence-electron chi connectivity index (χ1n) is 7.55. The summed E-state index contributed by atoms with van der Waals surface area (Å²) in [5, 5.41) is 0. The van der Waals surface area contributed by atoms with E-state index in [9.17, 15) is 0 Å². The van der Waals surface area contributed by atoms with Crippen LogP contribution in [0, 0.1) is 5.41 Å². The summed E-state index contributed by atoms with van der Waals surface area (Å²) >= 11 is 0. The molecule has 2 rings (SSSR count). The molecule has 0 aromatic rings. The van der Waals surface area contributed by atoms with Crippen LogP contribution in [0.25, 0.3) is 0 Å². The first kappa shape index (κ1) is 17.7. The molecule has 1 unspecified atom stereocenters. The highest BCUT2D eigenvalue weighted by Crippen LogP contribution is 2.72. The van der Waals surface area contributed by atoms with Crippen molar-refractivity contribution in [3.05, 3.63) is 0 Å². The van der Waals surface area contributed by atoms with E-state index in [4.69, 9.17) is 21.5 Å². The highest BCUT2D eigenvalue weighted by Gasteiger charge is 2.76. The third-order valence-electron chi connectivity index (χ3n) is 6.35. The lowest BCUT2D eigenvalue weighted by Gasteiger charge is -2.59. The van der Waals surface area contributed by atoms with E-state index >= 15 is 0 Å². The molecule has 0 aliphatic carbocycles. The molecule has 2 saturated heterocycles. The molecule has 0 spiro atoms. The zero-order valence-corrected chi connectivity index (χ0v) is 15.8. The summed E-state index contributed by atoms with van der Waals surface area (Å²) in [5.74, 6) is 0. The molecule has 0 bridgehead atoms. The topological polar surface area (TPSA) is 27.7 Å². The van der Waals surface area contributed by atoms with Gasteiger partial charge in [-0.25, -0.2) is 0 Å². The van der Waals surface area contributed by atoms with Crippen LogP contribution in [0.15, 0.2) is 0 Å². The average Bonchev–Trinajstić information content (AvgIpc) is 2.33. The number of hydrogen-bond acceptors (Lipinski definition) is 3. The van der Waals surface area contributed by atoms with Crippen molar-refractivity contribution >= 4 is 27.9 Å². The van der Waals surface area contributed by atoms with Crippen LogP contribution < -0.4 is 0 Å². The Hall–Kier alpha value is 0.310. The van der Waals surface area contributed by atoms with E-state index in [1.54, 1.807) is 0 Å². The van der Waals surface area contributed by atoms with Gasteiger partial charge in [0.2, 0.25) is 0 Å². The zero-order chi connectivity index (χ0) is 16.5. The third kappa shape index (κ3) is 2.00. The Morgan fingerprint density at radius 3 is 1.86 bits per heavy atom. The van der Waals surface area contributed by atoms with Crippen LogP contribution in [0.2, 0.25) is 0 Å². The maximum Gasteiger partial charge on any atom is 0.124 e. The molecule has 0 aromatic heterocycles. The van der Waals surface area contributed by atoms with Gasteiger partial charge < -0.3 is 13.8 Å². The fourth-order valence-corrected chi connectivity index (χ4v) is 6.62. The van der Waals surface area contributed by atoms with Crippen molar-refractivity contribution in [1.82, 2.24) is 0 Å². The molecule has 0 saturated carbocycles. The molecule has 6 heteroatoms. The molecule has 21 heavy (non-hydrogen) atoms. The Balaban J connectivity index is 2.70. The van der Waals surface area contributed by atoms with Gasteiger partial charge >= 0.3 is 0 Å². The normalized spacial score (nSPS) is 46.7. The Morgan fingerprint density at radius 2 is 1.38 bits per heavy atom. The van der Waals surface area contributed by atoms with Gasteiger partial charge in [0.1, 0.15) is 24.1 Å². The lowest BCUT2D eigenvalue weighted by atomic mass is 9.58. The van der Waals surface area contributed by atoms with Crippen LogP contribution in [-0.4, -0.2) is 49.7 Å². The number of fused-ring (bicyclic) bond motifs is 1. The minimum Gasteiger partial charge on any atom is -0.363 e. The molecule has 2 heterocycles. The minimum absolute atomic E-state index is 0.181. The van der Waals surface area contributed by atoms with Gasteiger partial charge in [-0.2, -0.15) is 0 Å². The van der Waals surface area contributed by atoms with Gasteiger partial charge in [0.15, 0.2) is 0 Å². The predicted molar refractivity (Wildman–Crippen MR) is 92.4 cm³/mol. The van der Waals surface area contributed by atoms with Crippen molar-refractivity contribution in [2.24, 2.45) is 5.41 Å². The Labute approximate surface area is 132 Å². The number of rotatable bonds is 1. The van der Waals surface area contributed by atoms with Crippen molar-refractivity contribution in [3.8, 4) is 0 Å². The molecule has 0 N–H and O–H groups in total. The molecule has 117 valence electrons. The van der Waals surface area contributed by atoms with Crippen LogP contribution >= 0.6 is 7.34 Å².